The van der Waals surface area contributed by atoms with Crippen molar-refractivity contribution in [3.8, 4) is 11.1 Å². The number of amides is 5. The molecule has 3 N–H and O–H groups in total. The van der Waals surface area contributed by atoms with Gasteiger partial charge in [-0.2, -0.15) is 5.10 Å². The second kappa shape index (κ2) is 18.0. The highest BCUT2D eigenvalue weighted by Gasteiger charge is 2.37. The number of benzene rings is 2. The molecule has 3 saturated heterocycles. The maximum Gasteiger partial charge on any atom is 0.342 e. The molecular weight excluding hydrogens is 811 g/mol. The number of likely N-dealkylation sites (tertiary alicyclic amines) is 1. The average molecular weight is 868 g/mol. The molecule has 9 rings (SSSR count). The Labute approximate surface area is 372 Å². The Hall–Kier alpha value is -6.39. The van der Waals surface area contributed by atoms with Gasteiger partial charge >= 0.3 is 6.03 Å². The Balaban J connectivity index is 0.799. The van der Waals surface area contributed by atoms with E-state index in [1.54, 1.807) is 6.20 Å². The number of aromatic amines is 1. The molecule has 334 valence electrons. The Morgan fingerprint density at radius 3 is 2.41 bits per heavy atom. The lowest BCUT2D eigenvalue weighted by atomic mass is 10.00. The Bertz CT molecular complexity index is 2660. The number of pyridine rings is 2. The second-order valence-corrected chi connectivity index (χ2v) is 17.9. The van der Waals surface area contributed by atoms with E-state index in [-0.39, 0.29) is 48.8 Å². The molecule has 16 heteroatoms. The summed E-state index contributed by atoms with van der Waals surface area (Å²) < 4.78 is 1.93. The minimum Gasteiger partial charge on any atom is -0.354 e. The smallest absolute Gasteiger partial charge is 0.342 e. The highest BCUT2D eigenvalue weighted by molar-refractivity contribution is 6.08. The highest BCUT2D eigenvalue weighted by atomic mass is 16.2. The van der Waals surface area contributed by atoms with E-state index in [1.165, 1.54) is 10.0 Å². The SMILES string of the molecule is CCCc1cc(C)[nH]c(=O)c1CNC(=O)c1cc(-c2ccc(N3CCN(C4CCN(Cc5ccc6c(c5)CN(N5CCC(=O)NC5=O)C6=O)CC4)CC3)nc2)cc2c1cnn2C(C)C. The average Bonchev–Trinajstić information content (AvgIpc) is 3.87. The fraction of sp³-hybridized carbons (Fsp3) is 0.438. The van der Waals surface area contributed by atoms with Gasteiger partial charge in [0.2, 0.25) is 5.91 Å². The number of hydrogen-bond acceptors (Lipinski definition) is 10. The van der Waals surface area contributed by atoms with Gasteiger partial charge in [0.1, 0.15) is 5.82 Å². The number of nitrogens with zero attached hydrogens (tertiary/aromatic N) is 8. The number of hydrazine groups is 1. The maximum absolute atomic E-state index is 13.9. The summed E-state index contributed by atoms with van der Waals surface area (Å²) in [6.45, 7) is 15.3. The molecule has 0 atom stereocenters. The van der Waals surface area contributed by atoms with Gasteiger partial charge in [0.05, 0.1) is 30.4 Å². The van der Waals surface area contributed by atoms with Gasteiger partial charge in [0.25, 0.3) is 17.4 Å². The lowest BCUT2D eigenvalue weighted by Gasteiger charge is -2.43. The largest absolute Gasteiger partial charge is 0.354 e. The summed E-state index contributed by atoms with van der Waals surface area (Å²) >= 11 is 0. The van der Waals surface area contributed by atoms with E-state index in [9.17, 15) is 24.0 Å². The van der Waals surface area contributed by atoms with Crippen molar-refractivity contribution in [3.63, 3.8) is 0 Å². The summed E-state index contributed by atoms with van der Waals surface area (Å²) in [7, 11) is 0. The summed E-state index contributed by atoms with van der Waals surface area (Å²) in [5, 5.41) is 13.5. The van der Waals surface area contributed by atoms with E-state index >= 15 is 0 Å². The Morgan fingerprint density at radius 1 is 0.891 bits per heavy atom. The Morgan fingerprint density at radius 2 is 1.69 bits per heavy atom. The van der Waals surface area contributed by atoms with Gasteiger partial charge < -0.3 is 15.2 Å². The fourth-order valence-electron chi connectivity index (χ4n) is 9.84. The molecule has 5 aromatic rings. The predicted molar refractivity (Wildman–Crippen MR) is 244 cm³/mol. The first-order valence-electron chi connectivity index (χ1n) is 22.7. The topological polar surface area (TPSA) is 172 Å². The molecule has 0 aliphatic carbocycles. The first-order chi connectivity index (χ1) is 30.9. The number of imide groups is 1. The molecular formula is C48H57N11O5. The standard InChI is InChI=1S/C48H57N11O5/c1-5-6-33-21-31(4)52-46(62)40(33)26-50-45(61)39-23-35(24-42-41(39)27-51-59(42)30(2)3)34-8-10-43(49-25-34)56-19-17-55(18-20-56)37-11-14-54(15-12-37)28-32-7-9-38-36(22-32)29-58(47(38)63)57-16-13-44(60)53-48(57)64/h7-10,21-25,27,30,37H,5-6,11-20,26,28-29H2,1-4H3,(H,50,61)(H,52,62)(H,53,60,64). The van der Waals surface area contributed by atoms with Crippen molar-refractivity contribution in [1.82, 2.24) is 50.2 Å². The van der Waals surface area contributed by atoms with E-state index in [1.807, 2.05) is 42.1 Å². The van der Waals surface area contributed by atoms with Gasteiger partial charge in [-0.25, -0.2) is 19.8 Å². The highest BCUT2D eigenvalue weighted by Crippen LogP contribution is 2.32. The predicted octanol–water partition coefficient (Wildman–Crippen LogP) is 5.16. The number of piperazine rings is 1. The van der Waals surface area contributed by atoms with Crippen molar-refractivity contribution < 1.29 is 19.2 Å². The lowest BCUT2D eigenvalue weighted by molar-refractivity contribution is -0.123. The van der Waals surface area contributed by atoms with Gasteiger partial charge in [-0.15, -0.1) is 0 Å². The molecule has 64 heavy (non-hydrogen) atoms. The molecule has 16 nitrogen and oxygen atoms in total. The second-order valence-electron chi connectivity index (χ2n) is 17.9. The summed E-state index contributed by atoms with van der Waals surface area (Å²) in [5.74, 6) is 0.142. The minimum atomic E-state index is -0.551. The number of aryl methyl sites for hydroxylation is 2. The first-order valence-corrected chi connectivity index (χ1v) is 22.7. The summed E-state index contributed by atoms with van der Waals surface area (Å²) in [4.78, 5) is 79.3. The number of urea groups is 1. The normalized spacial score (nSPS) is 17.8. The number of fused-ring (bicyclic) bond motifs is 2. The van der Waals surface area contributed by atoms with Crippen LogP contribution < -0.4 is 21.1 Å². The van der Waals surface area contributed by atoms with Crippen LogP contribution in [0.4, 0.5) is 10.6 Å². The number of carbonyl (C=O) groups is 4. The van der Waals surface area contributed by atoms with Crippen molar-refractivity contribution in [3.05, 3.63) is 110 Å². The molecule has 0 unspecified atom stereocenters. The molecule has 2 aromatic carbocycles. The number of carbonyl (C=O) groups excluding carboxylic acids is 4. The van der Waals surface area contributed by atoms with Crippen LogP contribution in [0.3, 0.4) is 0 Å². The molecule has 3 aromatic heterocycles. The van der Waals surface area contributed by atoms with Gasteiger partial charge in [-0.3, -0.25) is 39.0 Å². The van der Waals surface area contributed by atoms with Crippen LogP contribution in [0.25, 0.3) is 22.0 Å². The molecule has 0 saturated carbocycles. The third-order valence-electron chi connectivity index (χ3n) is 13.2. The number of piperidine rings is 1. The van der Waals surface area contributed by atoms with E-state index in [0.717, 1.165) is 122 Å². The molecule has 3 fully saturated rings. The van der Waals surface area contributed by atoms with Crippen molar-refractivity contribution >= 4 is 40.5 Å². The molecule has 7 heterocycles. The maximum atomic E-state index is 13.9. The monoisotopic (exact) mass is 867 g/mol. The molecule has 4 aliphatic rings. The number of hydrogen-bond donors (Lipinski definition) is 3. The van der Waals surface area contributed by atoms with Gasteiger partial charge in [0.15, 0.2) is 0 Å². The van der Waals surface area contributed by atoms with E-state index in [0.29, 0.717) is 29.3 Å². The third-order valence-corrected chi connectivity index (χ3v) is 13.2. The van der Waals surface area contributed by atoms with Crippen molar-refractivity contribution in [2.75, 3.05) is 50.7 Å². The van der Waals surface area contributed by atoms with Crippen LogP contribution in [-0.2, 0) is 30.8 Å². The van der Waals surface area contributed by atoms with Crippen LogP contribution in [0.15, 0.2) is 65.7 Å². The number of aromatic nitrogens is 4. The molecule has 0 bridgehead atoms. The minimum absolute atomic E-state index is 0.0873. The summed E-state index contributed by atoms with van der Waals surface area (Å²) in [6.07, 6.45) is 7.67. The van der Waals surface area contributed by atoms with Crippen molar-refractivity contribution in [1.29, 1.82) is 0 Å². The van der Waals surface area contributed by atoms with Crippen LogP contribution in [0.5, 0.6) is 0 Å². The molecule has 0 spiro atoms. The zero-order valence-corrected chi connectivity index (χ0v) is 37.2. The number of H-pyrrole nitrogens is 1. The third kappa shape index (κ3) is 8.63. The van der Waals surface area contributed by atoms with Crippen LogP contribution in [0.1, 0.15) is 101 Å². The van der Waals surface area contributed by atoms with Gasteiger partial charge in [-0.05, 0) is 112 Å². The number of nitrogens with one attached hydrogen (secondary N) is 3. The van der Waals surface area contributed by atoms with Gasteiger partial charge in [-0.1, -0.05) is 25.5 Å². The molecule has 4 aliphatic heterocycles. The van der Waals surface area contributed by atoms with E-state index in [2.05, 4.69) is 80.5 Å². The fourth-order valence-corrected chi connectivity index (χ4v) is 9.84. The zero-order chi connectivity index (χ0) is 44.6. The Kier molecular flexibility index (Phi) is 12.1. The summed E-state index contributed by atoms with van der Waals surface area (Å²) in [5.41, 5.74) is 7.99. The van der Waals surface area contributed by atoms with Gasteiger partial charge in [0, 0.05) is 91.7 Å². The van der Waals surface area contributed by atoms with E-state index in [4.69, 9.17) is 4.98 Å². The van der Waals surface area contributed by atoms with E-state index < -0.39 is 6.03 Å². The van der Waals surface area contributed by atoms with Crippen LogP contribution in [0.2, 0.25) is 0 Å². The number of rotatable bonds is 12. The zero-order valence-electron chi connectivity index (χ0n) is 37.2. The van der Waals surface area contributed by atoms with Crippen LogP contribution in [-0.4, -0.2) is 115 Å². The van der Waals surface area contributed by atoms with Crippen LogP contribution >= 0.6 is 0 Å². The van der Waals surface area contributed by atoms with Crippen molar-refractivity contribution in [2.45, 2.75) is 91.5 Å². The summed E-state index contributed by atoms with van der Waals surface area (Å²) in [6, 6.07) is 16.2. The lowest BCUT2D eigenvalue weighted by Crippen LogP contribution is -2.56. The number of anilines is 1. The van der Waals surface area contributed by atoms with Crippen molar-refractivity contribution in [2.24, 2.45) is 0 Å². The van der Waals surface area contributed by atoms with Crippen LogP contribution in [0, 0.1) is 6.92 Å². The first kappa shape index (κ1) is 42.9. The molecule has 0 radical (unpaired) electrons. The quantitative estimate of drug-likeness (QED) is 0.152. The molecule has 5 amide bonds.